The summed E-state index contributed by atoms with van der Waals surface area (Å²) in [4.78, 5) is 12.2. The van der Waals surface area contributed by atoms with Crippen LogP contribution in [0.2, 0.25) is 5.02 Å². The van der Waals surface area contributed by atoms with Gasteiger partial charge in [-0.2, -0.15) is 0 Å². The van der Waals surface area contributed by atoms with Crippen molar-refractivity contribution < 1.29 is 0 Å². The summed E-state index contributed by atoms with van der Waals surface area (Å²) in [7, 11) is 0. The Bertz CT molecular complexity index is 901. The first-order valence-corrected chi connectivity index (χ1v) is 9.44. The molecule has 1 aliphatic rings. The van der Waals surface area contributed by atoms with Gasteiger partial charge in [-0.1, -0.05) is 36.7 Å². The largest absolute Gasteiger partial charge is 0.356 e. The van der Waals surface area contributed by atoms with Crippen molar-refractivity contribution in [2.75, 3.05) is 18.0 Å². The van der Waals surface area contributed by atoms with Crippen LogP contribution in [0.25, 0.3) is 22.3 Å². The van der Waals surface area contributed by atoms with Crippen molar-refractivity contribution in [3.63, 3.8) is 0 Å². The molecule has 0 radical (unpaired) electrons. The van der Waals surface area contributed by atoms with E-state index in [0.717, 1.165) is 41.8 Å². The summed E-state index contributed by atoms with van der Waals surface area (Å²) >= 11 is 6.40. The van der Waals surface area contributed by atoms with Crippen molar-refractivity contribution >= 4 is 28.3 Å². The molecule has 25 heavy (non-hydrogen) atoms. The Balaban J connectivity index is 1.93. The van der Waals surface area contributed by atoms with E-state index in [1.807, 2.05) is 24.3 Å². The minimum atomic E-state index is 0.691. The fourth-order valence-corrected chi connectivity index (χ4v) is 3.71. The van der Waals surface area contributed by atoms with Crippen LogP contribution >= 0.6 is 11.6 Å². The normalized spacial score (nSPS) is 14.9. The summed E-state index contributed by atoms with van der Waals surface area (Å²) in [5.74, 6) is 1.76. The number of fused-ring (bicyclic) bond motifs is 1. The average molecular weight is 352 g/mol. The number of aryl methyl sites for hydroxylation is 1. The molecule has 0 N–H and O–H groups in total. The summed E-state index contributed by atoms with van der Waals surface area (Å²) in [6.07, 6.45) is 4.76. The van der Waals surface area contributed by atoms with E-state index in [1.54, 1.807) is 0 Å². The molecule has 0 aliphatic carbocycles. The molecule has 128 valence electrons. The van der Waals surface area contributed by atoms with Gasteiger partial charge in [-0.15, -0.1) is 0 Å². The fraction of sp³-hybridized carbons (Fsp3) is 0.333. The first-order chi connectivity index (χ1) is 12.3. The fourth-order valence-electron chi connectivity index (χ4n) is 3.49. The number of hydrogen-bond donors (Lipinski definition) is 0. The zero-order chi connectivity index (χ0) is 17.2. The second-order valence-electron chi connectivity index (χ2n) is 6.60. The van der Waals surface area contributed by atoms with Crippen LogP contribution in [0.3, 0.4) is 0 Å². The van der Waals surface area contributed by atoms with Crippen LogP contribution in [-0.2, 0) is 6.42 Å². The van der Waals surface area contributed by atoms with Crippen molar-refractivity contribution in [2.45, 2.75) is 32.6 Å². The third-order valence-electron chi connectivity index (χ3n) is 4.92. The van der Waals surface area contributed by atoms with Gasteiger partial charge in [0, 0.05) is 24.0 Å². The molecule has 0 atom stereocenters. The number of hydrogen-bond acceptors (Lipinski definition) is 3. The molecule has 0 unspecified atom stereocenters. The molecule has 0 spiro atoms. The average Bonchev–Trinajstić information content (AvgIpc) is 2.68. The van der Waals surface area contributed by atoms with Crippen molar-refractivity contribution in [1.29, 1.82) is 0 Å². The molecule has 1 aromatic heterocycles. The van der Waals surface area contributed by atoms with Crippen LogP contribution in [0.15, 0.2) is 42.5 Å². The summed E-state index contributed by atoms with van der Waals surface area (Å²) in [5.41, 5.74) is 3.20. The molecule has 2 aromatic carbocycles. The van der Waals surface area contributed by atoms with Gasteiger partial charge >= 0.3 is 0 Å². The molecule has 3 aromatic rings. The number of rotatable bonds is 3. The van der Waals surface area contributed by atoms with Crippen molar-refractivity contribution in [2.24, 2.45) is 0 Å². The number of piperidine rings is 1. The third kappa shape index (κ3) is 3.21. The van der Waals surface area contributed by atoms with Crippen LogP contribution in [-0.4, -0.2) is 23.1 Å². The summed E-state index contributed by atoms with van der Waals surface area (Å²) in [5, 5.41) is 1.84. The second kappa shape index (κ2) is 7.01. The predicted octanol–water partition coefficient (Wildman–Crippen LogP) is 5.50. The van der Waals surface area contributed by atoms with Gasteiger partial charge in [-0.25, -0.2) is 9.97 Å². The Morgan fingerprint density at radius 2 is 1.80 bits per heavy atom. The highest BCUT2D eigenvalue weighted by Crippen LogP contribution is 2.32. The van der Waals surface area contributed by atoms with Gasteiger partial charge in [-0.05, 0) is 55.5 Å². The molecule has 0 amide bonds. The van der Waals surface area contributed by atoms with Gasteiger partial charge in [-0.3, -0.25) is 0 Å². The van der Waals surface area contributed by atoms with Crippen LogP contribution < -0.4 is 4.90 Å². The van der Waals surface area contributed by atoms with Gasteiger partial charge in [0.1, 0.15) is 5.82 Å². The molecule has 0 saturated carbocycles. The first kappa shape index (κ1) is 16.3. The van der Waals surface area contributed by atoms with E-state index in [9.17, 15) is 0 Å². The molecule has 0 bridgehead atoms. The maximum atomic E-state index is 6.40. The first-order valence-electron chi connectivity index (χ1n) is 9.07. The van der Waals surface area contributed by atoms with E-state index in [2.05, 4.69) is 30.0 Å². The highest BCUT2D eigenvalue weighted by molar-refractivity contribution is 6.33. The molecular formula is C21H22ClN3. The second-order valence-corrected chi connectivity index (χ2v) is 7.01. The number of halogens is 1. The van der Waals surface area contributed by atoms with Crippen molar-refractivity contribution in [3.05, 3.63) is 53.1 Å². The van der Waals surface area contributed by atoms with E-state index in [1.165, 1.54) is 24.8 Å². The van der Waals surface area contributed by atoms with Crippen molar-refractivity contribution in [1.82, 2.24) is 9.97 Å². The van der Waals surface area contributed by atoms with Gasteiger partial charge in [0.15, 0.2) is 5.82 Å². The van der Waals surface area contributed by atoms with Gasteiger partial charge < -0.3 is 4.90 Å². The van der Waals surface area contributed by atoms with E-state index in [4.69, 9.17) is 21.6 Å². The highest BCUT2D eigenvalue weighted by Gasteiger charge is 2.18. The SMILES string of the molecule is CCc1ccc2nc(-c3ccccc3Cl)nc(N3CCCCC3)c2c1. The minimum absolute atomic E-state index is 0.691. The summed E-state index contributed by atoms with van der Waals surface area (Å²) in [6.45, 7) is 4.30. The molecular weight excluding hydrogens is 330 g/mol. The van der Waals surface area contributed by atoms with Crippen molar-refractivity contribution in [3.8, 4) is 11.4 Å². The lowest BCUT2D eigenvalue weighted by Gasteiger charge is -2.29. The van der Waals surface area contributed by atoms with E-state index < -0.39 is 0 Å². The Labute approximate surface area is 153 Å². The van der Waals surface area contributed by atoms with E-state index >= 15 is 0 Å². The third-order valence-corrected chi connectivity index (χ3v) is 5.25. The Morgan fingerprint density at radius 1 is 1.00 bits per heavy atom. The Kier molecular flexibility index (Phi) is 4.58. The smallest absolute Gasteiger partial charge is 0.163 e. The number of nitrogens with zero attached hydrogens (tertiary/aromatic N) is 3. The standard InChI is InChI=1S/C21H22ClN3/c1-2-15-10-11-19-17(14-15)21(25-12-6-3-7-13-25)24-20(23-19)16-8-4-5-9-18(16)22/h4-5,8-11,14H,2-3,6-7,12-13H2,1H3. The number of benzene rings is 2. The molecule has 2 heterocycles. The number of anilines is 1. The molecule has 1 fully saturated rings. The molecule has 4 heteroatoms. The highest BCUT2D eigenvalue weighted by atomic mass is 35.5. The Morgan fingerprint density at radius 3 is 2.56 bits per heavy atom. The zero-order valence-corrected chi connectivity index (χ0v) is 15.3. The molecule has 1 aliphatic heterocycles. The quantitative estimate of drug-likeness (QED) is 0.623. The summed E-state index contributed by atoms with van der Waals surface area (Å²) in [6, 6.07) is 14.3. The zero-order valence-electron chi connectivity index (χ0n) is 14.5. The molecule has 4 rings (SSSR count). The van der Waals surface area contributed by atoms with Crippen LogP contribution in [0.4, 0.5) is 5.82 Å². The summed E-state index contributed by atoms with van der Waals surface area (Å²) < 4.78 is 0. The molecule has 3 nitrogen and oxygen atoms in total. The Hall–Kier alpha value is -2.13. The van der Waals surface area contributed by atoms with E-state index in [0.29, 0.717) is 10.8 Å². The minimum Gasteiger partial charge on any atom is -0.356 e. The topological polar surface area (TPSA) is 29.0 Å². The van der Waals surface area contributed by atoms with E-state index in [-0.39, 0.29) is 0 Å². The monoisotopic (exact) mass is 351 g/mol. The predicted molar refractivity (Wildman–Crippen MR) is 105 cm³/mol. The molecule has 1 saturated heterocycles. The van der Waals surface area contributed by atoms with Gasteiger partial charge in [0.25, 0.3) is 0 Å². The van der Waals surface area contributed by atoms with Gasteiger partial charge in [0.2, 0.25) is 0 Å². The number of aromatic nitrogens is 2. The maximum Gasteiger partial charge on any atom is 0.163 e. The lowest BCUT2D eigenvalue weighted by Crippen LogP contribution is -2.30. The lowest BCUT2D eigenvalue weighted by molar-refractivity contribution is 0.575. The van der Waals surface area contributed by atoms with Crippen LogP contribution in [0, 0.1) is 0 Å². The van der Waals surface area contributed by atoms with Crippen LogP contribution in [0.1, 0.15) is 31.7 Å². The van der Waals surface area contributed by atoms with Crippen LogP contribution in [0.5, 0.6) is 0 Å². The maximum absolute atomic E-state index is 6.40. The van der Waals surface area contributed by atoms with Gasteiger partial charge in [0.05, 0.1) is 10.5 Å². The lowest BCUT2D eigenvalue weighted by atomic mass is 10.1.